The Morgan fingerprint density at radius 3 is 2.55 bits per heavy atom. The van der Waals surface area contributed by atoms with Crippen molar-refractivity contribution in [2.24, 2.45) is 0 Å². The van der Waals surface area contributed by atoms with Crippen molar-refractivity contribution in [2.75, 3.05) is 23.3 Å². The maximum absolute atomic E-state index is 14.0. The summed E-state index contributed by atoms with van der Waals surface area (Å²) in [5, 5.41) is 18.2. The Bertz CT molecular complexity index is 1280. The molecule has 3 aromatic rings. The number of nitrogens with zero attached hydrogens (tertiary/aromatic N) is 4. The van der Waals surface area contributed by atoms with Gasteiger partial charge in [-0.3, -0.25) is 19.7 Å². The summed E-state index contributed by atoms with van der Waals surface area (Å²) in [4.78, 5) is 38.5. The summed E-state index contributed by atoms with van der Waals surface area (Å²) in [5.41, 5.74) is 0.0277. The Balaban J connectivity index is 1.72. The van der Waals surface area contributed by atoms with Gasteiger partial charge < -0.3 is 10.2 Å². The number of anilines is 2. The van der Waals surface area contributed by atoms with E-state index in [-0.39, 0.29) is 17.1 Å². The summed E-state index contributed by atoms with van der Waals surface area (Å²) < 4.78 is 15.2. The lowest BCUT2D eigenvalue weighted by atomic mass is 10.1. The van der Waals surface area contributed by atoms with E-state index in [9.17, 15) is 24.1 Å². The largest absolute Gasteiger partial charge is 0.370 e. The Morgan fingerprint density at radius 2 is 1.82 bits per heavy atom. The molecule has 9 nitrogen and oxygen atoms in total. The smallest absolute Gasteiger partial charge is 0.294 e. The predicted molar refractivity (Wildman–Crippen MR) is 122 cm³/mol. The summed E-state index contributed by atoms with van der Waals surface area (Å²) in [6.07, 6.45) is 3.09. The zero-order valence-corrected chi connectivity index (χ0v) is 18.0. The first kappa shape index (κ1) is 22.1. The highest BCUT2D eigenvalue weighted by Crippen LogP contribution is 2.30. The van der Waals surface area contributed by atoms with Crippen LogP contribution in [-0.2, 0) is 0 Å². The molecule has 33 heavy (non-hydrogen) atoms. The highest BCUT2D eigenvalue weighted by molar-refractivity contribution is 6.04. The third-order valence-corrected chi connectivity index (χ3v) is 5.53. The van der Waals surface area contributed by atoms with Crippen LogP contribution in [0, 0.1) is 22.9 Å². The number of para-hydroxylation sites is 2. The predicted octanol–water partition coefficient (Wildman–Crippen LogP) is 3.83. The van der Waals surface area contributed by atoms with Gasteiger partial charge in [-0.25, -0.2) is 9.07 Å². The average Bonchev–Trinajstić information content (AvgIpc) is 2.80. The van der Waals surface area contributed by atoms with Crippen molar-refractivity contribution >= 4 is 23.0 Å². The van der Waals surface area contributed by atoms with Gasteiger partial charge in [0.1, 0.15) is 11.5 Å². The first-order chi connectivity index (χ1) is 15.8. The van der Waals surface area contributed by atoms with Crippen LogP contribution in [0.1, 0.15) is 35.4 Å². The summed E-state index contributed by atoms with van der Waals surface area (Å²) in [5.74, 6) is -1.35. The lowest BCUT2D eigenvalue weighted by Gasteiger charge is -2.30. The zero-order chi connectivity index (χ0) is 23.5. The van der Waals surface area contributed by atoms with Gasteiger partial charge >= 0.3 is 0 Å². The van der Waals surface area contributed by atoms with E-state index in [1.54, 1.807) is 19.1 Å². The van der Waals surface area contributed by atoms with E-state index in [4.69, 9.17) is 0 Å². The molecule has 2 aromatic carbocycles. The number of carbonyl (C=O) groups excluding carboxylic acids is 1. The van der Waals surface area contributed by atoms with Gasteiger partial charge in [-0.05, 0) is 50.5 Å². The van der Waals surface area contributed by atoms with E-state index >= 15 is 0 Å². The fourth-order valence-corrected chi connectivity index (χ4v) is 3.95. The van der Waals surface area contributed by atoms with Crippen LogP contribution in [0.15, 0.2) is 53.3 Å². The number of amides is 1. The number of benzene rings is 2. The highest BCUT2D eigenvalue weighted by atomic mass is 19.1. The Kier molecular flexibility index (Phi) is 6.16. The normalized spacial score (nSPS) is 13.6. The van der Waals surface area contributed by atoms with Crippen LogP contribution in [0.4, 0.5) is 21.5 Å². The third kappa shape index (κ3) is 4.59. The maximum Gasteiger partial charge on any atom is 0.294 e. The lowest BCUT2D eigenvalue weighted by Crippen LogP contribution is -2.31. The monoisotopic (exact) mass is 451 g/mol. The molecule has 170 valence electrons. The molecule has 1 amide bonds. The number of piperidine rings is 1. The molecule has 0 unspecified atom stereocenters. The average molecular weight is 451 g/mol. The molecule has 1 N–H and O–H groups in total. The maximum atomic E-state index is 14.0. The van der Waals surface area contributed by atoms with Crippen molar-refractivity contribution in [3.8, 4) is 5.69 Å². The number of aryl methyl sites for hydroxylation is 1. The van der Waals surface area contributed by atoms with Crippen LogP contribution < -0.4 is 15.6 Å². The van der Waals surface area contributed by atoms with Gasteiger partial charge in [0, 0.05) is 30.9 Å². The molecule has 1 aliphatic rings. The topological polar surface area (TPSA) is 110 Å². The molecule has 0 atom stereocenters. The van der Waals surface area contributed by atoms with E-state index in [1.165, 1.54) is 41.1 Å². The van der Waals surface area contributed by atoms with E-state index in [0.29, 0.717) is 11.4 Å². The van der Waals surface area contributed by atoms with Crippen molar-refractivity contribution < 1.29 is 14.1 Å². The molecule has 1 fully saturated rings. The number of rotatable bonds is 5. The molecule has 10 heteroatoms. The van der Waals surface area contributed by atoms with Gasteiger partial charge in [-0.1, -0.05) is 12.1 Å². The number of nitro benzene ring substituents is 1. The van der Waals surface area contributed by atoms with Gasteiger partial charge in [0.05, 0.1) is 16.3 Å². The molecule has 2 heterocycles. The van der Waals surface area contributed by atoms with E-state index < -0.39 is 27.8 Å². The second kappa shape index (κ2) is 9.19. The van der Waals surface area contributed by atoms with Crippen molar-refractivity contribution in [3.05, 3.63) is 86.1 Å². The van der Waals surface area contributed by atoms with Crippen molar-refractivity contribution in [1.29, 1.82) is 0 Å². The van der Waals surface area contributed by atoms with Gasteiger partial charge in [-0.2, -0.15) is 5.10 Å². The first-order valence-corrected chi connectivity index (χ1v) is 10.6. The number of aromatic nitrogens is 2. The van der Waals surface area contributed by atoms with Crippen LogP contribution >= 0.6 is 0 Å². The Morgan fingerprint density at radius 1 is 1.09 bits per heavy atom. The minimum Gasteiger partial charge on any atom is -0.370 e. The Labute approximate surface area is 188 Å². The number of nitro groups is 1. The molecule has 1 aromatic heterocycles. The lowest BCUT2D eigenvalue weighted by molar-refractivity contribution is -0.384. The van der Waals surface area contributed by atoms with E-state index in [1.807, 2.05) is 0 Å². The van der Waals surface area contributed by atoms with Gasteiger partial charge in [0.25, 0.3) is 11.6 Å². The summed E-state index contributed by atoms with van der Waals surface area (Å²) in [6, 6.07) is 11.2. The SMILES string of the molecule is Cc1cc(=O)c(C(=O)Nc2cc(F)ccc2N2CCCCC2)nn1-c1ccccc1[N+](=O)[O-]. The summed E-state index contributed by atoms with van der Waals surface area (Å²) >= 11 is 0. The number of halogens is 1. The third-order valence-electron chi connectivity index (χ3n) is 5.53. The second-order valence-electron chi connectivity index (χ2n) is 7.82. The number of carbonyl (C=O) groups is 1. The number of hydrogen-bond donors (Lipinski definition) is 1. The van der Waals surface area contributed by atoms with E-state index in [2.05, 4.69) is 15.3 Å². The van der Waals surface area contributed by atoms with Gasteiger partial charge in [0.2, 0.25) is 5.43 Å². The van der Waals surface area contributed by atoms with Crippen molar-refractivity contribution in [1.82, 2.24) is 9.78 Å². The minimum absolute atomic E-state index is 0.119. The molecular formula is C23H22FN5O4. The van der Waals surface area contributed by atoms with Crippen LogP contribution in [-0.4, -0.2) is 33.7 Å². The van der Waals surface area contributed by atoms with Crippen LogP contribution in [0.25, 0.3) is 5.69 Å². The second-order valence-corrected chi connectivity index (χ2v) is 7.82. The van der Waals surface area contributed by atoms with Crippen LogP contribution in [0.5, 0.6) is 0 Å². The van der Waals surface area contributed by atoms with Gasteiger partial charge in [0.15, 0.2) is 5.69 Å². The van der Waals surface area contributed by atoms with E-state index in [0.717, 1.165) is 32.4 Å². The molecule has 0 spiro atoms. The van der Waals surface area contributed by atoms with Crippen LogP contribution in [0.3, 0.4) is 0 Å². The Hall–Kier alpha value is -4.08. The quantitative estimate of drug-likeness (QED) is 0.466. The fraction of sp³-hybridized carbons (Fsp3) is 0.261. The summed E-state index contributed by atoms with van der Waals surface area (Å²) in [7, 11) is 0. The highest BCUT2D eigenvalue weighted by Gasteiger charge is 2.22. The van der Waals surface area contributed by atoms with Crippen molar-refractivity contribution in [2.45, 2.75) is 26.2 Å². The molecule has 0 aliphatic carbocycles. The van der Waals surface area contributed by atoms with Crippen LogP contribution in [0.2, 0.25) is 0 Å². The molecule has 1 aliphatic heterocycles. The molecule has 0 radical (unpaired) electrons. The molecule has 4 rings (SSSR count). The number of hydrogen-bond acceptors (Lipinski definition) is 6. The molecule has 0 bridgehead atoms. The fourth-order valence-electron chi connectivity index (χ4n) is 3.95. The zero-order valence-electron chi connectivity index (χ0n) is 18.0. The first-order valence-electron chi connectivity index (χ1n) is 10.6. The van der Waals surface area contributed by atoms with Gasteiger partial charge in [-0.15, -0.1) is 0 Å². The minimum atomic E-state index is -0.823. The number of nitrogens with one attached hydrogen (secondary N) is 1. The van der Waals surface area contributed by atoms with Crippen molar-refractivity contribution in [3.63, 3.8) is 0 Å². The molecular weight excluding hydrogens is 429 g/mol. The summed E-state index contributed by atoms with van der Waals surface area (Å²) in [6.45, 7) is 3.12. The molecule has 0 saturated carbocycles. The molecule has 1 saturated heterocycles. The standard InChI is InChI=1S/C23H22FN5O4/c1-15-13-21(30)22(26-28(15)19-7-3-4-8-20(19)29(32)33)23(31)25-17-14-16(24)9-10-18(17)27-11-5-2-6-12-27/h3-4,7-10,13-14H,2,5-6,11-12H2,1H3,(H,25,31).